The van der Waals surface area contributed by atoms with E-state index in [4.69, 9.17) is 0 Å². The molecule has 0 aliphatic heterocycles. The van der Waals surface area contributed by atoms with Gasteiger partial charge >= 0.3 is 5.97 Å². The Bertz CT molecular complexity index is 268. The second-order valence-corrected chi connectivity index (χ2v) is 3.30. The molecule has 1 N–H and O–H groups in total. The summed E-state index contributed by atoms with van der Waals surface area (Å²) in [6.45, 7) is 1.36. The van der Waals surface area contributed by atoms with Crippen LogP contribution in [0.2, 0.25) is 0 Å². The Morgan fingerprint density at radius 2 is 2.50 bits per heavy atom. The van der Waals surface area contributed by atoms with Crippen molar-refractivity contribution < 1.29 is 14.6 Å². The number of carbonyl (C=O) groups is 1. The lowest BCUT2D eigenvalue weighted by Crippen LogP contribution is -2.33. The minimum Gasteiger partial charge on any atom is -0.467 e. The summed E-state index contributed by atoms with van der Waals surface area (Å²) in [5, 5.41) is 11.6. The smallest absolute Gasteiger partial charge is 0.344 e. The molecule has 5 heteroatoms. The van der Waals surface area contributed by atoms with Gasteiger partial charge in [0.15, 0.2) is 0 Å². The lowest BCUT2D eigenvalue weighted by atomic mass is 10.1. The number of rotatable bonds is 2. The maximum Gasteiger partial charge on any atom is 0.344 e. The molecule has 1 atom stereocenters. The van der Waals surface area contributed by atoms with E-state index < -0.39 is 11.6 Å². The zero-order chi connectivity index (χ0) is 9.19. The standard InChI is InChI=1S/C7H9NO3S/c1-7(10,6(9)11-2)5-8-3-4-12-5/h3-4,10H,1-2H3. The highest BCUT2D eigenvalue weighted by Gasteiger charge is 2.36. The van der Waals surface area contributed by atoms with Gasteiger partial charge in [-0.25, -0.2) is 9.78 Å². The molecule has 1 unspecified atom stereocenters. The number of nitrogens with zero attached hydrogens (tertiary/aromatic N) is 1. The summed E-state index contributed by atoms with van der Waals surface area (Å²) in [6.07, 6.45) is 1.53. The molecule has 4 nitrogen and oxygen atoms in total. The van der Waals surface area contributed by atoms with Crippen LogP contribution in [0.5, 0.6) is 0 Å². The van der Waals surface area contributed by atoms with E-state index in [-0.39, 0.29) is 0 Å². The van der Waals surface area contributed by atoms with Gasteiger partial charge < -0.3 is 9.84 Å². The lowest BCUT2D eigenvalue weighted by Gasteiger charge is -2.16. The summed E-state index contributed by atoms with van der Waals surface area (Å²) in [5.41, 5.74) is -1.62. The number of carbonyl (C=O) groups excluding carboxylic acids is 1. The topological polar surface area (TPSA) is 59.4 Å². The number of esters is 1. The van der Waals surface area contributed by atoms with Crippen LogP contribution >= 0.6 is 11.3 Å². The molecule has 0 bridgehead atoms. The first kappa shape index (κ1) is 9.15. The van der Waals surface area contributed by atoms with Crippen LogP contribution in [0.1, 0.15) is 11.9 Å². The highest BCUT2D eigenvalue weighted by atomic mass is 32.1. The average molecular weight is 187 g/mol. The van der Waals surface area contributed by atoms with Crippen molar-refractivity contribution in [2.24, 2.45) is 0 Å². The molecule has 1 heterocycles. The first-order valence-corrected chi connectivity index (χ1v) is 4.17. The number of ether oxygens (including phenoxy) is 1. The Balaban J connectivity index is 2.93. The van der Waals surface area contributed by atoms with Gasteiger partial charge in [0.25, 0.3) is 0 Å². The van der Waals surface area contributed by atoms with E-state index in [1.807, 2.05) is 0 Å². The van der Waals surface area contributed by atoms with Crippen LogP contribution in [0.25, 0.3) is 0 Å². The van der Waals surface area contributed by atoms with E-state index in [1.165, 1.54) is 31.6 Å². The fourth-order valence-electron chi connectivity index (χ4n) is 0.750. The number of aliphatic hydroxyl groups is 1. The molecule has 0 aromatic carbocycles. The molecule has 0 saturated heterocycles. The number of hydrogen-bond acceptors (Lipinski definition) is 5. The van der Waals surface area contributed by atoms with Crippen molar-refractivity contribution in [2.45, 2.75) is 12.5 Å². The van der Waals surface area contributed by atoms with Crippen LogP contribution in [0.3, 0.4) is 0 Å². The van der Waals surface area contributed by atoms with E-state index in [0.29, 0.717) is 5.01 Å². The Morgan fingerprint density at radius 1 is 1.83 bits per heavy atom. The predicted molar refractivity (Wildman–Crippen MR) is 43.7 cm³/mol. The third-order valence-electron chi connectivity index (χ3n) is 1.43. The minimum absolute atomic E-state index is 0.342. The Kier molecular flexibility index (Phi) is 2.44. The van der Waals surface area contributed by atoms with Gasteiger partial charge in [-0.15, -0.1) is 11.3 Å². The SMILES string of the molecule is COC(=O)C(C)(O)c1nccs1. The largest absolute Gasteiger partial charge is 0.467 e. The zero-order valence-electron chi connectivity index (χ0n) is 6.77. The molecule has 0 radical (unpaired) electrons. The maximum atomic E-state index is 11.0. The minimum atomic E-state index is -1.62. The number of thiazole rings is 1. The van der Waals surface area contributed by atoms with Gasteiger partial charge in [-0.1, -0.05) is 0 Å². The van der Waals surface area contributed by atoms with Crippen molar-refractivity contribution in [1.29, 1.82) is 0 Å². The van der Waals surface area contributed by atoms with E-state index >= 15 is 0 Å². The van der Waals surface area contributed by atoms with Crippen molar-refractivity contribution in [3.63, 3.8) is 0 Å². The first-order chi connectivity index (χ1) is 5.59. The molecule has 66 valence electrons. The summed E-state index contributed by atoms with van der Waals surface area (Å²) in [5.74, 6) is -0.697. The van der Waals surface area contributed by atoms with Crippen LogP contribution in [-0.4, -0.2) is 23.2 Å². The Hall–Kier alpha value is -0.940. The molecule has 0 amide bonds. The molecular formula is C7H9NO3S. The summed E-state index contributed by atoms with van der Waals surface area (Å²) >= 11 is 1.21. The summed E-state index contributed by atoms with van der Waals surface area (Å²) in [6, 6.07) is 0. The molecule has 1 aromatic rings. The van der Waals surface area contributed by atoms with Crippen molar-refractivity contribution >= 4 is 17.3 Å². The highest BCUT2D eigenvalue weighted by molar-refractivity contribution is 7.09. The van der Waals surface area contributed by atoms with Crippen LogP contribution in [0, 0.1) is 0 Å². The molecule has 0 fully saturated rings. The summed E-state index contributed by atoms with van der Waals surface area (Å²) in [7, 11) is 1.23. The van der Waals surface area contributed by atoms with Crippen LogP contribution in [-0.2, 0) is 15.1 Å². The lowest BCUT2D eigenvalue weighted by molar-refractivity contribution is -0.161. The van der Waals surface area contributed by atoms with Crippen LogP contribution in [0.15, 0.2) is 11.6 Å². The van der Waals surface area contributed by atoms with Gasteiger partial charge in [0.1, 0.15) is 5.01 Å². The van der Waals surface area contributed by atoms with Crippen molar-refractivity contribution in [3.8, 4) is 0 Å². The van der Waals surface area contributed by atoms with Gasteiger partial charge in [0.2, 0.25) is 5.60 Å². The molecule has 0 saturated carbocycles. The molecule has 0 spiro atoms. The number of methoxy groups -OCH3 is 1. The first-order valence-electron chi connectivity index (χ1n) is 3.30. The van der Waals surface area contributed by atoms with E-state index in [0.717, 1.165) is 0 Å². The predicted octanol–water partition coefficient (Wildman–Crippen LogP) is 0.524. The third-order valence-corrected chi connectivity index (χ3v) is 2.42. The number of aromatic nitrogens is 1. The second-order valence-electron chi connectivity index (χ2n) is 2.40. The van der Waals surface area contributed by atoms with Gasteiger partial charge in [0.05, 0.1) is 7.11 Å². The monoisotopic (exact) mass is 187 g/mol. The quantitative estimate of drug-likeness (QED) is 0.686. The Labute approximate surface area is 73.8 Å². The Morgan fingerprint density at radius 3 is 2.92 bits per heavy atom. The zero-order valence-corrected chi connectivity index (χ0v) is 7.59. The fourth-order valence-corrected chi connectivity index (χ4v) is 1.44. The van der Waals surface area contributed by atoms with Crippen molar-refractivity contribution in [3.05, 3.63) is 16.6 Å². The van der Waals surface area contributed by atoms with Crippen LogP contribution in [0.4, 0.5) is 0 Å². The molecular weight excluding hydrogens is 178 g/mol. The van der Waals surface area contributed by atoms with E-state index in [1.54, 1.807) is 5.38 Å². The van der Waals surface area contributed by atoms with E-state index in [9.17, 15) is 9.90 Å². The summed E-state index contributed by atoms with van der Waals surface area (Å²) < 4.78 is 4.42. The number of hydrogen-bond donors (Lipinski definition) is 1. The third kappa shape index (κ3) is 1.46. The highest BCUT2D eigenvalue weighted by Crippen LogP contribution is 2.23. The molecule has 0 aliphatic rings. The molecule has 1 rings (SSSR count). The molecule has 12 heavy (non-hydrogen) atoms. The molecule has 0 aliphatic carbocycles. The molecule has 1 aromatic heterocycles. The van der Waals surface area contributed by atoms with Gasteiger partial charge in [-0.2, -0.15) is 0 Å². The van der Waals surface area contributed by atoms with Gasteiger partial charge in [0, 0.05) is 11.6 Å². The van der Waals surface area contributed by atoms with Gasteiger partial charge in [-0.05, 0) is 6.92 Å². The summed E-state index contributed by atoms with van der Waals surface area (Å²) in [4.78, 5) is 14.9. The maximum absolute atomic E-state index is 11.0. The fraction of sp³-hybridized carbons (Fsp3) is 0.429. The van der Waals surface area contributed by atoms with Crippen LogP contribution < -0.4 is 0 Å². The van der Waals surface area contributed by atoms with E-state index in [2.05, 4.69) is 9.72 Å². The van der Waals surface area contributed by atoms with Crippen molar-refractivity contribution in [1.82, 2.24) is 4.98 Å². The average Bonchev–Trinajstić information content (AvgIpc) is 2.55. The second kappa shape index (κ2) is 3.20. The normalized spacial score (nSPS) is 15.2. The van der Waals surface area contributed by atoms with Gasteiger partial charge in [-0.3, -0.25) is 0 Å². The van der Waals surface area contributed by atoms with Crippen molar-refractivity contribution in [2.75, 3.05) is 7.11 Å².